The molecule has 0 atom stereocenters. The molecule has 0 unspecified atom stereocenters. The number of nitrogens with zero attached hydrogens (tertiary/aromatic N) is 1. The van der Waals surface area contributed by atoms with Gasteiger partial charge in [-0.05, 0) is 12.1 Å². The molecule has 0 saturated heterocycles. The number of benzene rings is 1. The van der Waals surface area contributed by atoms with E-state index in [1.165, 1.54) is 10.3 Å². The molecule has 0 saturated carbocycles. The van der Waals surface area contributed by atoms with Crippen LogP contribution in [0.15, 0.2) is 41.4 Å². The lowest BCUT2D eigenvalue weighted by molar-refractivity contribution is 1.11. The molecule has 0 radical (unpaired) electrons. The Kier molecular flexibility index (Phi) is 2.73. The zero-order valence-electron chi connectivity index (χ0n) is 8.40. The van der Waals surface area contributed by atoms with E-state index >= 15 is 0 Å². The third-order valence-electron chi connectivity index (χ3n) is 1.96. The molecule has 2 heteroatoms. The quantitative estimate of drug-likeness (QED) is 0.690. The van der Waals surface area contributed by atoms with E-state index in [2.05, 4.69) is 43.1 Å². The molecule has 2 aromatic rings. The van der Waals surface area contributed by atoms with Gasteiger partial charge in [0.2, 0.25) is 0 Å². The van der Waals surface area contributed by atoms with Crippen molar-refractivity contribution in [2.75, 3.05) is 0 Å². The van der Waals surface area contributed by atoms with Gasteiger partial charge in [-0.2, -0.15) is 0 Å². The van der Waals surface area contributed by atoms with Crippen LogP contribution < -0.4 is 0 Å². The van der Waals surface area contributed by atoms with E-state index in [1.54, 1.807) is 0 Å². The highest BCUT2D eigenvalue weighted by atomic mass is 32.2. The van der Waals surface area contributed by atoms with Crippen LogP contribution in [0.4, 0.5) is 0 Å². The van der Waals surface area contributed by atoms with Crippen LogP contribution in [-0.2, 0) is 0 Å². The van der Waals surface area contributed by atoms with Crippen molar-refractivity contribution in [3.63, 3.8) is 0 Å². The van der Waals surface area contributed by atoms with E-state index in [4.69, 9.17) is 0 Å². The molecular formula is C12H13NS. The molecule has 0 aliphatic carbocycles. The monoisotopic (exact) mass is 203 g/mol. The number of aromatic nitrogens is 1. The van der Waals surface area contributed by atoms with Crippen LogP contribution in [-0.4, -0.2) is 10.2 Å². The Morgan fingerprint density at radius 1 is 1.14 bits per heavy atom. The molecule has 1 nitrogen and oxygen atoms in total. The molecule has 0 aliphatic rings. The first-order valence-electron chi connectivity index (χ1n) is 4.78. The lowest BCUT2D eigenvalue weighted by Gasteiger charge is -2.07. The van der Waals surface area contributed by atoms with Gasteiger partial charge >= 0.3 is 0 Å². The summed E-state index contributed by atoms with van der Waals surface area (Å²) in [7, 11) is 0. The Morgan fingerprint density at radius 3 is 2.71 bits per heavy atom. The Balaban J connectivity index is 2.53. The second kappa shape index (κ2) is 4.01. The third kappa shape index (κ3) is 1.90. The Hall–Kier alpha value is -1.02. The van der Waals surface area contributed by atoms with Crippen molar-refractivity contribution in [3.8, 4) is 0 Å². The smallest absolute Gasteiger partial charge is 0.0837 e. The first kappa shape index (κ1) is 9.53. The van der Waals surface area contributed by atoms with Crippen molar-refractivity contribution < 1.29 is 0 Å². The Morgan fingerprint density at radius 2 is 1.93 bits per heavy atom. The molecule has 0 fully saturated rings. The van der Waals surface area contributed by atoms with Gasteiger partial charge in [-0.25, -0.2) is 0 Å². The number of fused-ring (bicyclic) bond motifs is 1. The fourth-order valence-electron chi connectivity index (χ4n) is 1.43. The molecule has 14 heavy (non-hydrogen) atoms. The predicted molar refractivity (Wildman–Crippen MR) is 62.7 cm³/mol. The lowest BCUT2D eigenvalue weighted by atomic mass is 10.2. The number of thioether (sulfide) groups is 1. The van der Waals surface area contributed by atoms with Crippen LogP contribution in [0.5, 0.6) is 0 Å². The minimum atomic E-state index is 0.600. The van der Waals surface area contributed by atoms with E-state index in [0.717, 1.165) is 5.52 Å². The van der Waals surface area contributed by atoms with Crippen molar-refractivity contribution in [3.05, 3.63) is 36.5 Å². The molecule has 2 rings (SSSR count). The average Bonchev–Trinajstić information content (AvgIpc) is 2.18. The first-order chi connectivity index (χ1) is 6.77. The first-order valence-corrected chi connectivity index (χ1v) is 5.66. The van der Waals surface area contributed by atoms with E-state index in [1.807, 2.05) is 24.0 Å². The van der Waals surface area contributed by atoms with E-state index in [0.29, 0.717) is 5.25 Å². The molecule has 1 heterocycles. The normalized spacial score (nSPS) is 11.1. The van der Waals surface area contributed by atoms with Crippen LogP contribution in [0.1, 0.15) is 13.8 Å². The van der Waals surface area contributed by atoms with E-state index in [-0.39, 0.29) is 0 Å². The summed E-state index contributed by atoms with van der Waals surface area (Å²) in [6.45, 7) is 4.40. The lowest BCUT2D eigenvalue weighted by Crippen LogP contribution is -1.88. The summed E-state index contributed by atoms with van der Waals surface area (Å²) in [5.41, 5.74) is 1.12. The summed E-state index contributed by atoms with van der Waals surface area (Å²) in [6.07, 6.45) is 1.85. The largest absolute Gasteiger partial charge is 0.255 e. The SMILES string of the molecule is CC(C)Sc1cccc2cccnc12. The van der Waals surface area contributed by atoms with Crippen LogP contribution >= 0.6 is 11.8 Å². The highest BCUT2D eigenvalue weighted by Crippen LogP contribution is 2.28. The van der Waals surface area contributed by atoms with Crippen molar-refractivity contribution in [1.29, 1.82) is 0 Å². The Labute approximate surface area is 88.6 Å². The van der Waals surface area contributed by atoms with Crippen LogP contribution in [0.2, 0.25) is 0 Å². The minimum absolute atomic E-state index is 0.600. The fraction of sp³-hybridized carbons (Fsp3) is 0.250. The highest BCUT2D eigenvalue weighted by Gasteiger charge is 2.03. The second-order valence-corrected chi connectivity index (χ2v) is 5.12. The zero-order valence-corrected chi connectivity index (χ0v) is 9.21. The van der Waals surface area contributed by atoms with Gasteiger partial charge in [0.25, 0.3) is 0 Å². The second-order valence-electron chi connectivity index (χ2n) is 3.50. The number of hydrogen-bond donors (Lipinski definition) is 0. The van der Waals surface area contributed by atoms with Gasteiger partial charge in [0, 0.05) is 21.7 Å². The van der Waals surface area contributed by atoms with Crippen LogP contribution in [0, 0.1) is 0 Å². The minimum Gasteiger partial charge on any atom is -0.255 e. The summed E-state index contributed by atoms with van der Waals surface area (Å²) < 4.78 is 0. The van der Waals surface area contributed by atoms with Gasteiger partial charge in [-0.3, -0.25) is 4.98 Å². The summed E-state index contributed by atoms with van der Waals surface area (Å²) in [5.74, 6) is 0. The molecule has 1 aromatic carbocycles. The van der Waals surface area contributed by atoms with Crippen LogP contribution in [0.25, 0.3) is 10.9 Å². The zero-order chi connectivity index (χ0) is 9.97. The van der Waals surface area contributed by atoms with Crippen molar-refractivity contribution in [2.24, 2.45) is 0 Å². The molecule has 0 aliphatic heterocycles. The van der Waals surface area contributed by atoms with Gasteiger partial charge in [0.05, 0.1) is 5.52 Å². The van der Waals surface area contributed by atoms with E-state index < -0.39 is 0 Å². The van der Waals surface area contributed by atoms with Crippen molar-refractivity contribution >= 4 is 22.7 Å². The molecule has 1 aromatic heterocycles. The fourth-order valence-corrected chi connectivity index (χ4v) is 2.37. The summed E-state index contributed by atoms with van der Waals surface area (Å²) >= 11 is 1.87. The van der Waals surface area contributed by atoms with Crippen LogP contribution in [0.3, 0.4) is 0 Å². The standard InChI is InChI=1S/C12H13NS/c1-9(2)14-11-7-3-5-10-6-4-8-13-12(10)11/h3-9H,1-2H3. The van der Waals surface area contributed by atoms with Crippen molar-refractivity contribution in [2.45, 2.75) is 24.0 Å². The van der Waals surface area contributed by atoms with Gasteiger partial charge in [-0.15, -0.1) is 11.8 Å². The maximum Gasteiger partial charge on any atom is 0.0837 e. The molecule has 0 spiro atoms. The van der Waals surface area contributed by atoms with Gasteiger partial charge < -0.3 is 0 Å². The summed E-state index contributed by atoms with van der Waals surface area (Å²) in [5, 5.41) is 1.82. The number of pyridine rings is 1. The van der Waals surface area contributed by atoms with Gasteiger partial charge in [0.15, 0.2) is 0 Å². The predicted octanol–water partition coefficient (Wildman–Crippen LogP) is 3.74. The average molecular weight is 203 g/mol. The Bertz CT molecular complexity index is 432. The van der Waals surface area contributed by atoms with Gasteiger partial charge in [0.1, 0.15) is 0 Å². The number of hydrogen-bond acceptors (Lipinski definition) is 2. The number of rotatable bonds is 2. The molecule has 0 amide bonds. The molecule has 0 bridgehead atoms. The summed E-state index contributed by atoms with van der Waals surface area (Å²) in [4.78, 5) is 5.69. The maximum absolute atomic E-state index is 4.41. The molecular weight excluding hydrogens is 190 g/mol. The third-order valence-corrected chi connectivity index (χ3v) is 3.01. The summed E-state index contributed by atoms with van der Waals surface area (Å²) in [6, 6.07) is 10.4. The molecule has 72 valence electrons. The van der Waals surface area contributed by atoms with E-state index in [9.17, 15) is 0 Å². The van der Waals surface area contributed by atoms with Gasteiger partial charge in [-0.1, -0.05) is 32.0 Å². The highest BCUT2D eigenvalue weighted by molar-refractivity contribution is 8.00. The maximum atomic E-state index is 4.41. The number of para-hydroxylation sites is 1. The molecule has 0 N–H and O–H groups in total. The van der Waals surface area contributed by atoms with Crippen molar-refractivity contribution in [1.82, 2.24) is 4.98 Å². The topological polar surface area (TPSA) is 12.9 Å².